The fourth-order valence-electron chi connectivity index (χ4n) is 2.67. The number of anilines is 3. The zero-order valence-electron chi connectivity index (χ0n) is 12.4. The van der Waals surface area contributed by atoms with Crippen LogP contribution in [0.4, 0.5) is 23.0 Å². The van der Waals surface area contributed by atoms with Gasteiger partial charge in [0.25, 0.3) is 0 Å². The van der Waals surface area contributed by atoms with E-state index in [-0.39, 0.29) is 11.5 Å². The van der Waals surface area contributed by atoms with E-state index in [0.29, 0.717) is 16.5 Å². The van der Waals surface area contributed by atoms with E-state index in [1.165, 1.54) is 6.33 Å². The molecule has 8 heteroatoms. The van der Waals surface area contributed by atoms with Crippen LogP contribution in [0.2, 0.25) is 5.02 Å². The van der Waals surface area contributed by atoms with Crippen LogP contribution in [0, 0.1) is 10.1 Å². The maximum absolute atomic E-state index is 11.6. The Morgan fingerprint density at radius 3 is 2.70 bits per heavy atom. The number of rotatable bonds is 4. The average molecular weight is 334 g/mol. The van der Waals surface area contributed by atoms with E-state index in [4.69, 9.17) is 11.6 Å². The van der Waals surface area contributed by atoms with Gasteiger partial charge in [0.2, 0.25) is 11.6 Å². The van der Waals surface area contributed by atoms with Crippen LogP contribution in [0.5, 0.6) is 0 Å². The van der Waals surface area contributed by atoms with E-state index in [2.05, 4.69) is 15.3 Å². The molecule has 3 rings (SSSR count). The van der Waals surface area contributed by atoms with Gasteiger partial charge in [-0.3, -0.25) is 10.1 Å². The molecule has 2 aromatic rings. The lowest BCUT2D eigenvalue weighted by molar-refractivity contribution is -0.383. The number of hydrogen-bond donors (Lipinski definition) is 1. The standard InChI is InChI=1S/C15H16ClN5O2/c16-11-5-4-6-12(9-11)19-14-13(21(22)23)15(18-10-17-14)20-7-2-1-3-8-20/h4-6,9-10H,1-3,7-8H2,(H,17,18,19). The molecule has 1 aromatic carbocycles. The summed E-state index contributed by atoms with van der Waals surface area (Å²) in [4.78, 5) is 21.3. The van der Waals surface area contributed by atoms with Crippen LogP contribution in [0.15, 0.2) is 30.6 Å². The largest absolute Gasteiger partial charge is 0.353 e. The summed E-state index contributed by atoms with van der Waals surface area (Å²) in [6.45, 7) is 1.54. The van der Waals surface area contributed by atoms with Gasteiger partial charge in [-0.1, -0.05) is 17.7 Å². The highest BCUT2D eigenvalue weighted by molar-refractivity contribution is 6.30. The predicted octanol–water partition coefficient (Wildman–Crippen LogP) is 3.77. The second-order valence-corrected chi connectivity index (χ2v) is 5.77. The summed E-state index contributed by atoms with van der Waals surface area (Å²) in [5.74, 6) is 0.544. The van der Waals surface area contributed by atoms with Gasteiger partial charge in [-0.15, -0.1) is 0 Å². The van der Waals surface area contributed by atoms with Crippen molar-refractivity contribution in [3.8, 4) is 0 Å². The third kappa shape index (κ3) is 3.50. The van der Waals surface area contributed by atoms with Crippen LogP contribution in [0.25, 0.3) is 0 Å². The first kappa shape index (κ1) is 15.5. The lowest BCUT2D eigenvalue weighted by Crippen LogP contribution is -2.31. The van der Waals surface area contributed by atoms with Crippen molar-refractivity contribution in [3.05, 3.63) is 45.7 Å². The zero-order valence-corrected chi connectivity index (χ0v) is 13.2. The van der Waals surface area contributed by atoms with Crippen LogP contribution < -0.4 is 10.2 Å². The van der Waals surface area contributed by atoms with Crippen molar-refractivity contribution >= 4 is 34.6 Å². The molecule has 0 spiro atoms. The van der Waals surface area contributed by atoms with E-state index >= 15 is 0 Å². The fourth-order valence-corrected chi connectivity index (χ4v) is 2.86. The average Bonchev–Trinajstić information content (AvgIpc) is 2.55. The Labute approximate surface area is 138 Å². The molecule has 0 saturated carbocycles. The molecule has 1 fully saturated rings. The van der Waals surface area contributed by atoms with E-state index < -0.39 is 4.92 Å². The van der Waals surface area contributed by atoms with Gasteiger partial charge in [0, 0.05) is 23.8 Å². The number of piperidine rings is 1. The van der Waals surface area contributed by atoms with Gasteiger partial charge < -0.3 is 10.2 Å². The highest BCUT2D eigenvalue weighted by atomic mass is 35.5. The lowest BCUT2D eigenvalue weighted by atomic mass is 10.1. The number of nitrogens with zero attached hydrogens (tertiary/aromatic N) is 4. The van der Waals surface area contributed by atoms with Gasteiger partial charge >= 0.3 is 5.69 Å². The molecule has 0 aliphatic carbocycles. The third-order valence-corrected chi connectivity index (χ3v) is 3.96. The Bertz CT molecular complexity index is 719. The first-order valence-corrected chi connectivity index (χ1v) is 7.80. The molecule has 0 unspecified atom stereocenters. The minimum absolute atomic E-state index is 0.102. The molecule has 1 aliphatic heterocycles. The number of benzene rings is 1. The van der Waals surface area contributed by atoms with Gasteiger partial charge in [-0.05, 0) is 37.5 Å². The van der Waals surface area contributed by atoms with E-state index in [9.17, 15) is 10.1 Å². The van der Waals surface area contributed by atoms with Gasteiger partial charge in [0.05, 0.1) is 4.92 Å². The number of aromatic nitrogens is 2. The second kappa shape index (κ2) is 6.78. The number of halogens is 1. The molecule has 23 heavy (non-hydrogen) atoms. The summed E-state index contributed by atoms with van der Waals surface area (Å²) in [6.07, 6.45) is 4.52. The Balaban J connectivity index is 1.97. The van der Waals surface area contributed by atoms with Crippen molar-refractivity contribution in [3.63, 3.8) is 0 Å². The fraction of sp³-hybridized carbons (Fsp3) is 0.333. The molecule has 120 valence electrons. The number of hydrogen-bond acceptors (Lipinski definition) is 6. The Morgan fingerprint density at radius 2 is 2.00 bits per heavy atom. The van der Waals surface area contributed by atoms with Gasteiger partial charge in [-0.25, -0.2) is 9.97 Å². The molecule has 1 aliphatic rings. The first-order valence-electron chi connectivity index (χ1n) is 7.42. The van der Waals surface area contributed by atoms with Crippen LogP contribution in [0.1, 0.15) is 19.3 Å². The van der Waals surface area contributed by atoms with E-state index in [0.717, 1.165) is 32.4 Å². The molecule has 0 radical (unpaired) electrons. The first-order chi connectivity index (χ1) is 11.1. The minimum atomic E-state index is -0.434. The maximum atomic E-state index is 11.6. The molecule has 1 saturated heterocycles. The number of nitro groups is 1. The predicted molar refractivity (Wildman–Crippen MR) is 89.5 cm³/mol. The lowest BCUT2D eigenvalue weighted by Gasteiger charge is -2.27. The highest BCUT2D eigenvalue weighted by Crippen LogP contribution is 2.34. The third-order valence-electron chi connectivity index (χ3n) is 3.73. The summed E-state index contributed by atoms with van der Waals surface area (Å²) in [6, 6.07) is 6.97. The molecule has 7 nitrogen and oxygen atoms in total. The Kier molecular flexibility index (Phi) is 4.57. The summed E-state index contributed by atoms with van der Waals surface area (Å²) in [5.41, 5.74) is 0.540. The van der Waals surface area contributed by atoms with E-state index in [1.54, 1.807) is 24.3 Å². The van der Waals surface area contributed by atoms with Crippen LogP contribution in [0.3, 0.4) is 0 Å². The second-order valence-electron chi connectivity index (χ2n) is 5.33. The molecule has 2 heterocycles. The SMILES string of the molecule is O=[N+]([O-])c1c(Nc2cccc(Cl)c2)ncnc1N1CCCCC1. The van der Waals surface area contributed by atoms with Crippen molar-refractivity contribution in [1.29, 1.82) is 0 Å². The van der Waals surface area contributed by atoms with Crippen LogP contribution in [-0.4, -0.2) is 28.0 Å². The van der Waals surface area contributed by atoms with Crippen molar-refractivity contribution in [2.45, 2.75) is 19.3 Å². The summed E-state index contributed by atoms with van der Waals surface area (Å²) >= 11 is 5.95. The summed E-state index contributed by atoms with van der Waals surface area (Å²) < 4.78 is 0. The molecule has 1 aromatic heterocycles. The van der Waals surface area contributed by atoms with Crippen molar-refractivity contribution in [2.24, 2.45) is 0 Å². The van der Waals surface area contributed by atoms with Crippen molar-refractivity contribution < 1.29 is 4.92 Å². The number of nitrogens with one attached hydrogen (secondary N) is 1. The summed E-state index contributed by atoms with van der Waals surface area (Å²) in [5, 5.41) is 15.1. The highest BCUT2D eigenvalue weighted by Gasteiger charge is 2.27. The van der Waals surface area contributed by atoms with E-state index in [1.807, 2.05) is 4.90 Å². The Morgan fingerprint density at radius 1 is 1.22 bits per heavy atom. The molecule has 1 N–H and O–H groups in total. The van der Waals surface area contributed by atoms with Gasteiger partial charge in [-0.2, -0.15) is 0 Å². The zero-order chi connectivity index (χ0) is 16.2. The van der Waals surface area contributed by atoms with Crippen LogP contribution in [-0.2, 0) is 0 Å². The smallest absolute Gasteiger partial charge is 0.351 e. The van der Waals surface area contributed by atoms with Gasteiger partial charge in [0.15, 0.2) is 0 Å². The normalized spacial score (nSPS) is 14.6. The molecule has 0 bridgehead atoms. The summed E-state index contributed by atoms with van der Waals surface area (Å²) in [7, 11) is 0. The molecule has 0 amide bonds. The van der Waals surface area contributed by atoms with Crippen molar-refractivity contribution in [1.82, 2.24) is 9.97 Å². The van der Waals surface area contributed by atoms with Crippen LogP contribution >= 0.6 is 11.6 Å². The molecular weight excluding hydrogens is 318 g/mol. The topological polar surface area (TPSA) is 84.2 Å². The van der Waals surface area contributed by atoms with Crippen molar-refractivity contribution in [2.75, 3.05) is 23.3 Å². The Hall–Kier alpha value is -2.41. The van der Waals surface area contributed by atoms with Gasteiger partial charge in [0.1, 0.15) is 6.33 Å². The molecule has 0 atom stereocenters. The maximum Gasteiger partial charge on any atom is 0.353 e. The molecular formula is C15H16ClN5O2. The monoisotopic (exact) mass is 333 g/mol. The quantitative estimate of drug-likeness (QED) is 0.677. The minimum Gasteiger partial charge on any atom is -0.351 e.